The van der Waals surface area contributed by atoms with Crippen LogP contribution in [-0.4, -0.2) is 30.4 Å². The summed E-state index contributed by atoms with van der Waals surface area (Å²) in [4.78, 5) is 23.7. The third-order valence-corrected chi connectivity index (χ3v) is 4.85. The summed E-state index contributed by atoms with van der Waals surface area (Å²) < 4.78 is 5.06. The molecule has 0 fully saturated rings. The average Bonchev–Trinajstić information content (AvgIpc) is 2.61. The molecule has 0 spiro atoms. The lowest BCUT2D eigenvalue weighted by Crippen LogP contribution is -2.25. The molecule has 0 saturated heterocycles. The van der Waals surface area contributed by atoms with Crippen molar-refractivity contribution in [1.29, 1.82) is 0 Å². The molecule has 0 radical (unpaired) electrons. The van der Waals surface area contributed by atoms with Crippen molar-refractivity contribution in [2.75, 3.05) is 23.9 Å². The van der Waals surface area contributed by atoms with Crippen molar-refractivity contribution in [3.63, 3.8) is 0 Å². The molecular weight excluding hydrogens is 395 g/mol. The molecule has 0 saturated carbocycles. The molecule has 2 aromatic carbocycles. The minimum atomic E-state index is -0.172. The molecule has 0 aliphatic rings. The van der Waals surface area contributed by atoms with E-state index in [1.807, 2.05) is 0 Å². The number of rotatable bonds is 8. The van der Waals surface area contributed by atoms with Crippen LogP contribution >= 0.6 is 35.0 Å². The first-order valence-electron chi connectivity index (χ1n) is 7.70. The fraction of sp³-hybridized carbons (Fsp3) is 0.222. The van der Waals surface area contributed by atoms with E-state index in [1.54, 1.807) is 49.6 Å². The Kier molecular flexibility index (Phi) is 8.09. The third kappa shape index (κ3) is 6.78. The summed E-state index contributed by atoms with van der Waals surface area (Å²) in [5.74, 6) is 0.740. The number of anilines is 1. The molecule has 0 bridgehead atoms. The van der Waals surface area contributed by atoms with Crippen molar-refractivity contribution in [3.8, 4) is 5.75 Å². The molecule has 2 amide bonds. The van der Waals surface area contributed by atoms with Gasteiger partial charge in [0.15, 0.2) is 0 Å². The normalized spacial score (nSPS) is 10.3. The van der Waals surface area contributed by atoms with Crippen molar-refractivity contribution in [1.82, 2.24) is 5.32 Å². The quantitative estimate of drug-likeness (QED) is 0.687. The molecule has 0 heterocycles. The fourth-order valence-electron chi connectivity index (χ4n) is 2.02. The lowest BCUT2D eigenvalue weighted by Gasteiger charge is -2.08. The van der Waals surface area contributed by atoms with Gasteiger partial charge in [-0.25, -0.2) is 0 Å². The minimum Gasteiger partial charge on any atom is -0.497 e. The number of nitrogens with one attached hydrogen (secondary N) is 2. The van der Waals surface area contributed by atoms with Crippen LogP contribution in [0, 0.1) is 0 Å². The largest absolute Gasteiger partial charge is 0.497 e. The number of carbonyl (C=O) groups excluding carboxylic acids is 2. The molecule has 0 atom stereocenters. The van der Waals surface area contributed by atoms with E-state index in [2.05, 4.69) is 10.6 Å². The Balaban J connectivity index is 1.67. The van der Waals surface area contributed by atoms with Crippen LogP contribution in [0.4, 0.5) is 5.69 Å². The molecule has 0 unspecified atom stereocenters. The van der Waals surface area contributed by atoms with E-state index >= 15 is 0 Å². The summed E-state index contributed by atoms with van der Waals surface area (Å²) in [5, 5.41) is 6.57. The second kappa shape index (κ2) is 10.3. The van der Waals surface area contributed by atoms with Crippen molar-refractivity contribution in [3.05, 3.63) is 58.1 Å². The van der Waals surface area contributed by atoms with Crippen LogP contribution in [0.2, 0.25) is 10.0 Å². The second-order valence-electron chi connectivity index (χ2n) is 5.28. The van der Waals surface area contributed by atoms with Crippen LogP contribution in [0.1, 0.15) is 5.56 Å². The average molecular weight is 413 g/mol. The Morgan fingerprint density at radius 1 is 1.04 bits per heavy atom. The summed E-state index contributed by atoms with van der Waals surface area (Å²) in [6.45, 7) is 0.313. The molecule has 138 valence electrons. The number of methoxy groups -OCH3 is 1. The first-order valence-corrected chi connectivity index (χ1v) is 9.61. The number of thioether (sulfide) groups is 1. The monoisotopic (exact) mass is 412 g/mol. The summed E-state index contributed by atoms with van der Waals surface area (Å²) in [5.41, 5.74) is 1.46. The van der Waals surface area contributed by atoms with Crippen LogP contribution in [0.15, 0.2) is 42.5 Å². The van der Waals surface area contributed by atoms with Crippen LogP contribution in [-0.2, 0) is 16.1 Å². The summed E-state index contributed by atoms with van der Waals surface area (Å²) in [6.07, 6.45) is 0. The van der Waals surface area contributed by atoms with E-state index < -0.39 is 0 Å². The standard InChI is InChI=1S/C18H18Cl2N2O3S/c1-25-15-6-4-14(5-7-15)22-18(24)11-26-10-17(23)21-9-12-2-3-13(19)8-16(12)20/h2-8H,9-11H2,1H3,(H,21,23)(H,22,24). The highest BCUT2D eigenvalue weighted by atomic mass is 35.5. The van der Waals surface area contributed by atoms with Crippen LogP contribution in [0.3, 0.4) is 0 Å². The van der Waals surface area contributed by atoms with E-state index in [0.717, 1.165) is 11.3 Å². The van der Waals surface area contributed by atoms with Gasteiger partial charge in [0, 0.05) is 22.3 Å². The van der Waals surface area contributed by atoms with E-state index in [-0.39, 0.29) is 23.3 Å². The Bertz CT molecular complexity index is 770. The lowest BCUT2D eigenvalue weighted by molar-refractivity contribution is -0.118. The SMILES string of the molecule is COc1ccc(NC(=O)CSCC(=O)NCc2ccc(Cl)cc2Cl)cc1. The maximum atomic E-state index is 11.9. The Morgan fingerprint density at radius 3 is 2.38 bits per heavy atom. The molecule has 26 heavy (non-hydrogen) atoms. The van der Waals surface area contributed by atoms with E-state index in [0.29, 0.717) is 22.3 Å². The maximum absolute atomic E-state index is 11.9. The van der Waals surface area contributed by atoms with Crippen molar-refractivity contribution >= 4 is 52.5 Å². The fourth-order valence-corrected chi connectivity index (χ4v) is 3.14. The molecule has 5 nitrogen and oxygen atoms in total. The highest BCUT2D eigenvalue weighted by molar-refractivity contribution is 8.00. The Morgan fingerprint density at radius 2 is 1.73 bits per heavy atom. The van der Waals surface area contributed by atoms with Crippen LogP contribution in [0.25, 0.3) is 0 Å². The predicted octanol–water partition coefficient (Wildman–Crippen LogP) is 3.99. The van der Waals surface area contributed by atoms with Crippen LogP contribution < -0.4 is 15.4 Å². The van der Waals surface area contributed by atoms with Gasteiger partial charge in [-0.05, 0) is 42.0 Å². The molecule has 2 rings (SSSR count). The zero-order valence-electron chi connectivity index (χ0n) is 14.1. The van der Waals surface area contributed by atoms with Crippen molar-refractivity contribution in [2.45, 2.75) is 6.54 Å². The van der Waals surface area contributed by atoms with Gasteiger partial charge in [-0.1, -0.05) is 29.3 Å². The maximum Gasteiger partial charge on any atom is 0.234 e. The van der Waals surface area contributed by atoms with Gasteiger partial charge in [-0.2, -0.15) is 0 Å². The summed E-state index contributed by atoms with van der Waals surface area (Å²) in [7, 11) is 1.58. The van der Waals surface area contributed by atoms with Gasteiger partial charge in [-0.3, -0.25) is 9.59 Å². The van der Waals surface area contributed by atoms with E-state index in [9.17, 15) is 9.59 Å². The molecule has 2 N–H and O–H groups in total. The second-order valence-corrected chi connectivity index (χ2v) is 7.11. The van der Waals surface area contributed by atoms with Crippen LogP contribution in [0.5, 0.6) is 5.75 Å². The van der Waals surface area contributed by atoms with Gasteiger partial charge in [-0.15, -0.1) is 11.8 Å². The highest BCUT2D eigenvalue weighted by Gasteiger charge is 2.08. The van der Waals surface area contributed by atoms with Gasteiger partial charge in [0.25, 0.3) is 0 Å². The Labute approximate surface area is 166 Å². The van der Waals surface area contributed by atoms with Crippen molar-refractivity contribution in [2.24, 2.45) is 0 Å². The van der Waals surface area contributed by atoms with Gasteiger partial charge in [0.05, 0.1) is 18.6 Å². The van der Waals surface area contributed by atoms with E-state index in [4.69, 9.17) is 27.9 Å². The number of benzene rings is 2. The molecule has 0 aliphatic heterocycles. The van der Waals surface area contributed by atoms with Gasteiger partial charge in [0.1, 0.15) is 5.75 Å². The number of ether oxygens (including phenoxy) is 1. The number of carbonyl (C=O) groups is 2. The Hall–Kier alpha value is -1.89. The smallest absolute Gasteiger partial charge is 0.234 e. The third-order valence-electron chi connectivity index (χ3n) is 3.33. The predicted molar refractivity (Wildman–Crippen MR) is 107 cm³/mol. The number of hydrogen-bond donors (Lipinski definition) is 2. The number of hydrogen-bond acceptors (Lipinski definition) is 4. The molecule has 0 aliphatic carbocycles. The summed E-state index contributed by atoms with van der Waals surface area (Å²) >= 11 is 13.1. The number of amides is 2. The molecule has 0 aromatic heterocycles. The topological polar surface area (TPSA) is 67.4 Å². The molecule has 2 aromatic rings. The first-order chi connectivity index (χ1) is 12.5. The van der Waals surface area contributed by atoms with Gasteiger partial charge < -0.3 is 15.4 Å². The first kappa shape index (κ1) is 20.4. The summed E-state index contributed by atoms with van der Waals surface area (Å²) in [6, 6.07) is 12.1. The van der Waals surface area contributed by atoms with Gasteiger partial charge >= 0.3 is 0 Å². The molecule has 8 heteroatoms. The van der Waals surface area contributed by atoms with Gasteiger partial charge in [0.2, 0.25) is 11.8 Å². The molecular formula is C18H18Cl2N2O3S. The van der Waals surface area contributed by atoms with Crippen molar-refractivity contribution < 1.29 is 14.3 Å². The zero-order chi connectivity index (χ0) is 18.9. The van der Waals surface area contributed by atoms with E-state index in [1.165, 1.54) is 11.8 Å². The zero-order valence-corrected chi connectivity index (χ0v) is 16.4. The lowest BCUT2D eigenvalue weighted by atomic mass is 10.2. The highest BCUT2D eigenvalue weighted by Crippen LogP contribution is 2.20. The minimum absolute atomic E-state index is 0.168. The number of halogens is 2.